The SMILES string of the molecule is Cc1cc(Nc2cc3c(cn2)cc(-c2ccnc(NCC(F)(F)F)n2)n3COCC[Si](C)(C)C)cc(-n2cncn2)c1. The van der Waals surface area contributed by atoms with Gasteiger partial charge in [-0.3, -0.25) is 0 Å². The van der Waals surface area contributed by atoms with E-state index in [0.717, 1.165) is 33.9 Å². The van der Waals surface area contributed by atoms with Crippen molar-refractivity contribution in [3.63, 3.8) is 0 Å². The van der Waals surface area contributed by atoms with Crippen molar-refractivity contribution in [2.45, 2.75) is 45.5 Å². The number of hydrogen-bond acceptors (Lipinski definition) is 8. The fourth-order valence-corrected chi connectivity index (χ4v) is 5.09. The Labute approximate surface area is 242 Å². The van der Waals surface area contributed by atoms with Crippen LogP contribution in [0.1, 0.15) is 5.56 Å². The zero-order valence-electron chi connectivity index (χ0n) is 23.8. The number of fused-ring (bicyclic) bond motifs is 1. The summed E-state index contributed by atoms with van der Waals surface area (Å²) in [5, 5.41) is 10.7. The molecule has 0 amide bonds. The van der Waals surface area contributed by atoms with Crippen LogP contribution < -0.4 is 10.6 Å². The molecule has 0 saturated carbocycles. The lowest BCUT2D eigenvalue weighted by Gasteiger charge is -2.17. The summed E-state index contributed by atoms with van der Waals surface area (Å²) in [6.45, 7) is 8.46. The highest BCUT2D eigenvalue weighted by Gasteiger charge is 2.27. The van der Waals surface area contributed by atoms with E-state index in [0.29, 0.717) is 23.8 Å². The Hall–Kier alpha value is -4.30. The molecule has 42 heavy (non-hydrogen) atoms. The van der Waals surface area contributed by atoms with Crippen molar-refractivity contribution in [1.29, 1.82) is 0 Å². The summed E-state index contributed by atoms with van der Waals surface area (Å²) in [5.41, 5.74) is 4.70. The van der Waals surface area contributed by atoms with Crippen LogP contribution in [-0.4, -0.2) is 61.7 Å². The first-order valence-corrected chi connectivity index (χ1v) is 17.1. The van der Waals surface area contributed by atoms with Crippen LogP contribution in [0.15, 0.2) is 61.4 Å². The van der Waals surface area contributed by atoms with Gasteiger partial charge in [-0.05, 0) is 48.9 Å². The van der Waals surface area contributed by atoms with E-state index in [1.165, 1.54) is 12.5 Å². The first kappa shape index (κ1) is 29.2. The molecule has 220 valence electrons. The lowest BCUT2D eigenvalue weighted by molar-refractivity contribution is -0.115. The van der Waals surface area contributed by atoms with Crippen LogP contribution in [0.25, 0.3) is 28.0 Å². The summed E-state index contributed by atoms with van der Waals surface area (Å²) in [4.78, 5) is 17.0. The Balaban J connectivity index is 1.48. The van der Waals surface area contributed by atoms with Crippen LogP contribution in [0, 0.1) is 6.92 Å². The lowest BCUT2D eigenvalue weighted by atomic mass is 10.2. The molecule has 0 unspecified atom stereocenters. The van der Waals surface area contributed by atoms with E-state index in [1.54, 1.807) is 23.3 Å². The van der Waals surface area contributed by atoms with E-state index in [1.807, 2.05) is 41.8 Å². The van der Waals surface area contributed by atoms with Gasteiger partial charge in [0, 0.05) is 44.2 Å². The third-order valence-electron chi connectivity index (χ3n) is 6.39. The first-order valence-electron chi connectivity index (χ1n) is 13.4. The minimum atomic E-state index is -4.39. The van der Waals surface area contributed by atoms with Gasteiger partial charge in [0.15, 0.2) is 0 Å². The Morgan fingerprint density at radius 1 is 1.05 bits per heavy atom. The van der Waals surface area contributed by atoms with Crippen molar-refractivity contribution < 1.29 is 17.9 Å². The minimum absolute atomic E-state index is 0.107. The largest absolute Gasteiger partial charge is 0.405 e. The topological polar surface area (TPSA) is 108 Å². The number of anilines is 3. The Morgan fingerprint density at radius 2 is 1.88 bits per heavy atom. The molecule has 0 bridgehead atoms. The number of nitrogens with one attached hydrogen (secondary N) is 2. The number of pyridine rings is 1. The molecule has 0 fully saturated rings. The van der Waals surface area contributed by atoms with Crippen LogP contribution in [0.2, 0.25) is 25.7 Å². The van der Waals surface area contributed by atoms with Gasteiger partial charge in [-0.15, -0.1) is 0 Å². The monoisotopic (exact) mass is 595 g/mol. The number of hydrogen-bond donors (Lipinski definition) is 2. The van der Waals surface area contributed by atoms with Gasteiger partial charge < -0.3 is 19.9 Å². The molecular formula is C28H32F3N9OSi. The highest BCUT2D eigenvalue weighted by Crippen LogP contribution is 2.30. The summed E-state index contributed by atoms with van der Waals surface area (Å²) in [5.74, 6) is 0.505. The van der Waals surface area contributed by atoms with Crippen LogP contribution in [0.5, 0.6) is 0 Å². The molecule has 0 aliphatic heterocycles. The van der Waals surface area contributed by atoms with E-state index in [2.05, 4.69) is 55.3 Å². The van der Waals surface area contributed by atoms with Crippen LogP contribution in [0.4, 0.5) is 30.6 Å². The maximum atomic E-state index is 12.8. The molecule has 0 aliphatic carbocycles. The molecule has 0 spiro atoms. The van der Waals surface area contributed by atoms with E-state index in [-0.39, 0.29) is 12.7 Å². The van der Waals surface area contributed by atoms with Gasteiger partial charge in [0.05, 0.1) is 22.6 Å². The standard InChI is InChI=1S/C28H32F3N9OSi/c1-19-9-21(12-22(10-19)40-17-32-16-36-40)37-26-13-24-20(14-34-26)11-25(39(24)18-41-7-8-42(2,3)4)23-5-6-33-27(38-23)35-15-28(29,30)31/h5-6,9-14,16-17H,7-8,15,18H2,1-4H3,(H,34,37)(H,33,35,38). The minimum Gasteiger partial charge on any atom is -0.361 e. The van der Waals surface area contributed by atoms with Gasteiger partial charge in [0.25, 0.3) is 0 Å². The van der Waals surface area contributed by atoms with Crippen molar-refractivity contribution in [3.8, 4) is 17.1 Å². The fraction of sp³-hybridized carbons (Fsp3) is 0.321. The molecule has 5 aromatic rings. The van der Waals surface area contributed by atoms with Gasteiger partial charge >= 0.3 is 6.18 Å². The molecule has 5 rings (SSSR count). The van der Waals surface area contributed by atoms with Crippen LogP contribution in [0.3, 0.4) is 0 Å². The highest BCUT2D eigenvalue weighted by molar-refractivity contribution is 6.76. The molecule has 0 radical (unpaired) electrons. The molecule has 0 atom stereocenters. The summed E-state index contributed by atoms with van der Waals surface area (Å²) in [7, 11) is -1.31. The zero-order chi connectivity index (χ0) is 29.9. The van der Waals surface area contributed by atoms with Gasteiger partial charge in [-0.1, -0.05) is 19.6 Å². The second-order valence-electron chi connectivity index (χ2n) is 11.2. The predicted molar refractivity (Wildman–Crippen MR) is 159 cm³/mol. The Kier molecular flexibility index (Phi) is 8.27. The quantitative estimate of drug-likeness (QED) is 0.133. The summed E-state index contributed by atoms with van der Waals surface area (Å²) < 4.78 is 48.1. The molecule has 4 aromatic heterocycles. The second kappa shape index (κ2) is 11.9. The van der Waals surface area contributed by atoms with Crippen LogP contribution >= 0.6 is 0 Å². The number of ether oxygens (including phenoxy) is 1. The maximum absolute atomic E-state index is 12.8. The number of rotatable bonds is 11. The number of nitrogens with zero attached hydrogens (tertiary/aromatic N) is 7. The van der Waals surface area contributed by atoms with E-state index in [9.17, 15) is 13.2 Å². The van der Waals surface area contributed by atoms with E-state index >= 15 is 0 Å². The van der Waals surface area contributed by atoms with Gasteiger partial charge in [-0.2, -0.15) is 18.3 Å². The van der Waals surface area contributed by atoms with Gasteiger partial charge in [0.2, 0.25) is 5.95 Å². The highest BCUT2D eigenvalue weighted by atomic mass is 28.3. The molecule has 0 aliphatic rings. The number of aromatic nitrogens is 7. The summed E-state index contributed by atoms with van der Waals surface area (Å²) in [6, 6.07) is 12.4. The normalized spacial score (nSPS) is 12.2. The fourth-order valence-electron chi connectivity index (χ4n) is 4.33. The van der Waals surface area contributed by atoms with Gasteiger partial charge in [0.1, 0.15) is 31.7 Å². The molecule has 10 nitrogen and oxygen atoms in total. The maximum Gasteiger partial charge on any atom is 0.405 e. The lowest BCUT2D eigenvalue weighted by Crippen LogP contribution is -2.22. The van der Waals surface area contributed by atoms with E-state index in [4.69, 9.17) is 4.74 Å². The van der Waals surface area contributed by atoms with Crippen molar-refractivity contribution in [2.24, 2.45) is 0 Å². The molecule has 2 N–H and O–H groups in total. The van der Waals surface area contributed by atoms with E-state index < -0.39 is 20.8 Å². The van der Waals surface area contributed by atoms with Crippen molar-refractivity contribution in [2.75, 3.05) is 23.8 Å². The number of alkyl halides is 3. The smallest absolute Gasteiger partial charge is 0.361 e. The molecule has 1 aromatic carbocycles. The molecule has 4 heterocycles. The van der Waals surface area contributed by atoms with Crippen molar-refractivity contribution >= 4 is 36.4 Å². The van der Waals surface area contributed by atoms with Crippen molar-refractivity contribution in [1.82, 2.24) is 34.3 Å². The third kappa shape index (κ3) is 7.50. The number of halogens is 3. The molecule has 0 saturated heterocycles. The third-order valence-corrected chi connectivity index (χ3v) is 8.09. The zero-order valence-corrected chi connectivity index (χ0v) is 24.8. The summed E-state index contributed by atoms with van der Waals surface area (Å²) >= 11 is 0. The van der Waals surface area contributed by atoms with Crippen LogP contribution in [-0.2, 0) is 11.5 Å². The summed E-state index contributed by atoms with van der Waals surface area (Å²) in [6.07, 6.45) is 1.91. The van der Waals surface area contributed by atoms with Gasteiger partial charge in [-0.25, -0.2) is 24.6 Å². The Morgan fingerprint density at radius 3 is 2.62 bits per heavy atom. The number of aryl methyl sites for hydroxylation is 1. The average Bonchev–Trinajstić information content (AvgIpc) is 3.58. The molecule has 14 heteroatoms. The van der Waals surface area contributed by atoms with Crippen molar-refractivity contribution in [3.05, 3.63) is 67.0 Å². The Bertz CT molecular complexity index is 1660. The molecular weight excluding hydrogens is 563 g/mol. The second-order valence-corrected chi connectivity index (χ2v) is 16.8. The number of benzene rings is 1. The average molecular weight is 596 g/mol. The predicted octanol–water partition coefficient (Wildman–Crippen LogP) is 6.41. The first-order chi connectivity index (χ1) is 19.9.